The molecule has 1 fully saturated rings. The summed E-state index contributed by atoms with van der Waals surface area (Å²) in [6, 6.07) is 3.53. The molecule has 7 nitrogen and oxygen atoms in total. The van der Waals surface area contributed by atoms with E-state index in [0.717, 1.165) is 32.8 Å². The minimum atomic E-state index is -4.40. The highest BCUT2D eigenvalue weighted by Gasteiger charge is 2.28. The zero-order valence-corrected chi connectivity index (χ0v) is 17.8. The van der Waals surface area contributed by atoms with Gasteiger partial charge >= 0.3 is 6.18 Å². The lowest BCUT2D eigenvalue weighted by atomic mass is 10.0. The molecule has 2 heterocycles. The maximum atomic E-state index is 12.3. The van der Waals surface area contributed by atoms with Crippen molar-refractivity contribution in [3.05, 3.63) is 23.9 Å². The van der Waals surface area contributed by atoms with E-state index in [2.05, 4.69) is 39.4 Å². The number of nitrogens with zero attached hydrogens (tertiary/aromatic N) is 3. The van der Waals surface area contributed by atoms with Crippen molar-refractivity contribution in [3.8, 4) is 5.88 Å². The molecule has 0 saturated carbocycles. The van der Waals surface area contributed by atoms with Gasteiger partial charge in [0, 0.05) is 44.5 Å². The van der Waals surface area contributed by atoms with Crippen LogP contribution in [0.15, 0.2) is 23.3 Å². The Labute approximate surface area is 176 Å². The SMILES string of the molecule is CCNC(=NCc1ccnc(OCC(F)(F)F)c1)NCC(C(C)C)N1CCOCC1. The highest BCUT2D eigenvalue weighted by Crippen LogP contribution is 2.18. The molecule has 30 heavy (non-hydrogen) atoms. The number of ether oxygens (including phenoxy) is 2. The Bertz CT molecular complexity index is 664. The van der Waals surface area contributed by atoms with Gasteiger partial charge in [0.05, 0.1) is 19.8 Å². The van der Waals surface area contributed by atoms with Crippen molar-refractivity contribution < 1.29 is 22.6 Å². The van der Waals surface area contributed by atoms with Crippen LogP contribution in [0.4, 0.5) is 13.2 Å². The third-order valence-corrected chi connectivity index (χ3v) is 4.71. The van der Waals surface area contributed by atoms with Crippen LogP contribution in [0.1, 0.15) is 26.3 Å². The van der Waals surface area contributed by atoms with Crippen LogP contribution in [0.5, 0.6) is 5.88 Å². The number of alkyl halides is 3. The second-order valence-corrected chi connectivity index (χ2v) is 7.44. The molecule has 1 saturated heterocycles. The number of hydrogen-bond acceptors (Lipinski definition) is 5. The summed E-state index contributed by atoms with van der Waals surface area (Å²) in [5, 5.41) is 6.60. The van der Waals surface area contributed by atoms with Crippen molar-refractivity contribution in [1.82, 2.24) is 20.5 Å². The topological polar surface area (TPSA) is 71.0 Å². The van der Waals surface area contributed by atoms with E-state index in [1.165, 1.54) is 12.3 Å². The van der Waals surface area contributed by atoms with Gasteiger partial charge in [0.2, 0.25) is 5.88 Å². The first kappa shape index (κ1) is 24.2. The van der Waals surface area contributed by atoms with Gasteiger partial charge in [-0.1, -0.05) is 13.8 Å². The molecule has 2 N–H and O–H groups in total. The third-order valence-electron chi connectivity index (χ3n) is 4.71. The zero-order chi connectivity index (χ0) is 22.0. The lowest BCUT2D eigenvalue weighted by Crippen LogP contribution is -2.52. The maximum absolute atomic E-state index is 12.3. The standard InChI is InChI=1S/C20H32F3N5O2/c1-4-24-19(27-13-17(15(2)3)28-7-9-29-10-8-28)26-12-16-5-6-25-18(11-16)30-14-20(21,22)23/h5-6,11,15,17H,4,7-10,12-14H2,1-3H3,(H2,24,26,27). The highest BCUT2D eigenvalue weighted by molar-refractivity contribution is 5.79. The first-order chi connectivity index (χ1) is 14.3. The molecule has 1 aliphatic rings. The molecule has 0 spiro atoms. The van der Waals surface area contributed by atoms with Gasteiger partial charge in [-0.15, -0.1) is 0 Å². The number of pyridine rings is 1. The van der Waals surface area contributed by atoms with Gasteiger partial charge in [0.1, 0.15) is 0 Å². The minimum Gasteiger partial charge on any atom is -0.468 e. The lowest BCUT2D eigenvalue weighted by molar-refractivity contribution is -0.154. The van der Waals surface area contributed by atoms with E-state index in [9.17, 15) is 13.2 Å². The summed E-state index contributed by atoms with van der Waals surface area (Å²) in [5.74, 6) is 1.06. The molecule has 1 aliphatic heterocycles. The quantitative estimate of drug-likeness (QED) is 0.462. The fourth-order valence-electron chi connectivity index (χ4n) is 3.19. The number of rotatable bonds is 9. The van der Waals surface area contributed by atoms with Gasteiger partial charge in [-0.2, -0.15) is 13.2 Å². The van der Waals surface area contributed by atoms with E-state index in [4.69, 9.17) is 9.47 Å². The van der Waals surface area contributed by atoms with Crippen LogP contribution in [0.3, 0.4) is 0 Å². The second-order valence-electron chi connectivity index (χ2n) is 7.44. The number of halogens is 3. The van der Waals surface area contributed by atoms with Crippen LogP contribution < -0.4 is 15.4 Å². The van der Waals surface area contributed by atoms with Crippen LogP contribution >= 0.6 is 0 Å². The summed E-state index contributed by atoms with van der Waals surface area (Å²) in [4.78, 5) is 10.8. The predicted molar refractivity (Wildman–Crippen MR) is 110 cm³/mol. The van der Waals surface area contributed by atoms with E-state index >= 15 is 0 Å². The van der Waals surface area contributed by atoms with E-state index in [-0.39, 0.29) is 5.88 Å². The summed E-state index contributed by atoms with van der Waals surface area (Å²) in [7, 11) is 0. The van der Waals surface area contributed by atoms with Gasteiger partial charge < -0.3 is 20.1 Å². The van der Waals surface area contributed by atoms with Crippen LogP contribution in [0.2, 0.25) is 0 Å². The van der Waals surface area contributed by atoms with E-state index in [1.54, 1.807) is 6.07 Å². The van der Waals surface area contributed by atoms with Crippen molar-refractivity contribution in [2.24, 2.45) is 10.9 Å². The van der Waals surface area contributed by atoms with Crippen molar-refractivity contribution >= 4 is 5.96 Å². The van der Waals surface area contributed by atoms with Crippen LogP contribution in [-0.2, 0) is 11.3 Å². The van der Waals surface area contributed by atoms with Gasteiger partial charge in [0.25, 0.3) is 0 Å². The van der Waals surface area contributed by atoms with Crippen molar-refractivity contribution in [2.75, 3.05) is 46.0 Å². The Morgan fingerprint density at radius 2 is 2.03 bits per heavy atom. The fraction of sp³-hybridized carbons (Fsp3) is 0.700. The molecule has 0 radical (unpaired) electrons. The number of guanidine groups is 1. The average molecular weight is 432 g/mol. The molecule has 0 aliphatic carbocycles. The highest BCUT2D eigenvalue weighted by atomic mass is 19.4. The number of hydrogen-bond donors (Lipinski definition) is 2. The molecular weight excluding hydrogens is 399 g/mol. The first-order valence-electron chi connectivity index (χ1n) is 10.3. The molecule has 170 valence electrons. The molecular formula is C20H32F3N5O2. The number of aliphatic imine (C=N–C) groups is 1. The van der Waals surface area contributed by atoms with Gasteiger partial charge in [0.15, 0.2) is 12.6 Å². The molecule has 1 aromatic heterocycles. The van der Waals surface area contributed by atoms with Gasteiger partial charge in [-0.25, -0.2) is 9.98 Å². The normalized spacial score (nSPS) is 17.1. The molecule has 2 rings (SSSR count). The molecule has 0 aromatic carbocycles. The summed E-state index contributed by atoms with van der Waals surface area (Å²) < 4.78 is 47.1. The summed E-state index contributed by atoms with van der Waals surface area (Å²) in [6.07, 6.45) is -2.98. The summed E-state index contributed by atoms with van der Waals surface area (Å²) >= 11 is 0. The third kappa shape index (κ3) is 8.74. The monoisotopic (exact) mass is 431 g/mol. The van der Waals surface area contributed by atoms with Gasteiger partial charge in [-0.05, 0) is 24.5 Å². The van der Waals surface area contributed by atoms with Gasteiger partial charge in [-0.3, -0.25) is 4.90 Å². The smallest absolute Gasteiger partial charge is 0.422 e. The number of nitrogens with one attached hydrogen (secondary N) is 2. The predicted octanol–water partition coefficient (Wildman–Crippen LogP) is 2.43. The molecule has 0 amide bonds. The van der Waals surface area contributed by atoms with Crippen molar-refractivity contribution in [3.63, 3.8) is 0 Å². The maximum Gasteiger partial charge on any atom is 0.422 e. The Kier molecular flexibility index (Phi) is 9.64. The summed E-state index contributed by atoms with van der Waals surface area (Å²) in [6.45, 7) is 10.1. The Morgan fingerprint density at radius 3 is 2.67 bits per heavy atom. The Morgan fingerprint density at radius 1 is 1.30 bits per heavy atom. The average Bonchev–Trinajstić information content (AvgIpc) is 2.71. The zero-order valence-electron chi connectivity index (χ0n) is 17.8. The van der Waals surface area contributed by atoms with Crippen molar-refractivity contribution in [2.45, 2.75) is 39.5 Å². The Balaban J connectivity index is 1.96. The second kappa shape index (κ2) is 11.9. The summed E-state index contributed by atoms with van der Waals surface area (Å²) in [5.41, 5.74) is 0.716. The number of aromatic nitrogens is 1. The number of morpholine rings is 1. The van der Waals surface area contributed by atoms with E-state index in [0.29, 0.717) is 36.6 Å². The first-order valence-corrected chi connectivity index (χ1v) is 10.3. The van der Waals surface area contributed by atoms with Crippen LogP contribution in [0, 0.1) is 5.92 Å². The molecule has 10 heteroatoms. The van der Waals surface area contributed by atoms with Crippen molar-refractivity contribution in [1.29, 1.82) is 0 Å². The molecule has 0 bridgehead atoms. The molecule has 1 aromatic rings. The van der Waals surface area contributed by atoms with E-state index < -0.39 is 12.8 Å². The largest absolute Gasteiger partial charge is 0.468 e. The molecule has 1 atom stereocenters. The van der Waals surface area contributed by atoms with E-state index in [1.807, 2.05) is 6.92 Å². The minimum absolute atomic E-state index is 0.0647. The fourth-order valence-corrected chi connectivity index (χ4v) is 3.19. The molecule has 1 unspecified atom stereocenters. The van der Waals surface area contributed by atoms with Crippen LogP contribution in [-0.4, -0.2) is 74.1 Å². The lowest BCUT2D eigenvalue weighted by Gasteiger charge is -2.37. The Hall–Kier alpha value is -2.07. The van der Waals surface area contributed by atoms with Crippen LogP contribution in [0.25, 0.3) is 0 Å².